The first-order chi connectivity index (χ1) is 25.2. The van der Waals surface area contributed by atoms with E-state index < -0.39 is 7.05 Å². The Kier molecular flexibility index (Phi) is 5.91. The van der Waals surface area contributed by atoms with E-state index in [0.29, 0.717) is 0 Å². The molecule has 2 aliphatic rings. The van der Waals surface area contributed by atoms with E-state index >= 15 is 0 Å². The number of fused-ring (bicyclic) bond motifs is 7. The molecule has 2 aliphatic heterocycles. The molecule has 0 fully saturated rings. The molecule has 0 amide bonds. The molecule has 0 aliphatic carbocycles. The highest BCUT2D eigenvalue weighted by Gasteiger charge is 2.36. The summed E-state index contributed by atoms with van der Waals surface area (Å²) in [5, 5.41) is 18.2. The first-order valence-electron chi connectivity index (χ1n) is 17.3. The van der Waals surface area contributed by atoms with E-state index in [2.05, 4.69) is 167 Å². The first kappa shape index (κ1) is 28.5. The molecule has 1 unspecified atom stereocenters. The minimum Gasteiger partial charge on any atom is -0.456 e. The van der Waals surface area contributed by atoms with E-state index in [-0.39, 0.29) is 0 Å². The van der Waals surface area contributed by atoms with Gasteiger partial charge in [0.25, 0.3) is 0 Å². The maximum Gasteiger partial charge on any atom is 0.139 e. The second kappa shape index (κ2) is 10.6. The highest BCUT2D eigenvalue weighted by molar-refractivity contribution is 7.86. The molecule has 11 rings (SSSR count). The van der Waals surface area contributed by atoms with Gasteiger partial charge in [0.05, 0.1) is 29.5 Å². The molecule has 0 radical (unpaired) electrons. The number of hydrogen-bond donors (Lipinski definition) is 1. The molecular formula is C46H30N3OP. The third-order valence-electron chi connectivity index (χ3n) is 10.6. The van der Waals surface area contributed by atoms with Gasteiger partial charge in [-0.3, -0.25) is 0 Å². The van der Waals surface area contributed by atoms with Gasteiger partial charge in [-0.2, -0.15) is 0 Å². The molecule has 0 spiro atoms. The van der Waals surface area contributed by atoms with E-state index in [4.69, 9.17) is 4.74 Å². The zero-order valence-electron chi connectivity index (χ0n) is 27.5. The average molecular weight is 672 g/mol. The lowest BCUT2D eigenvalue weighted by Crippen LogP contribution is -2.30. The van der Waals surface area contributed by atoms with Crippen molar-refractivity contribution in [1.29, 1.82) is 5.16 Å². The Morgan fingerprint density at radius 3 is 1.78 bits per heavy atom. The maximum atomic E-state index is 10.5. The van der Waals surface area contributed by atoms with Gasteiger partial charge in [-0.1, -0.05) is 115 Å². The molecule has 0 bridgehead atoms. The van der Waals surface area contributed by atoms with Crippen LogP contribution in [0.4, 0.5) is 17.1 Å². The SMILES string of the molecule is N=P1(c2ccccc2)c2ccc(N3c4ccccc4-c4cccc5cccc3c45)cc2Oc2cc(-n3c4ccccc4c4ccccc43)ccc21. The third kappa shape index (κ3) is 3.94. The standard InChI is InChI=1S/C46H30N3OP/c47-51(33-14-2-1-3-15-33)44-26-24-31(48-38-20-7-4-16-34(38)35-17-5-8-21-39(35)48)28-42(44)50-43-29-32(25-27-45(43)51)49-40-22-9-6-18-36(40)37-19-10-12-30-13-11-23-41(49)46(30)37/h1-29,47H. The van der Waals surface area contributed by atoms with Gasteiger partial charge < -0.3 is 19.4 Å². The van der Waals surface area contributed by atoms with Gasteiger partial charge in [-0.15, -0.1) is 0 Å². The van der Waals surface area contributed by atoms with Gasteiger partial charge in [-0.05, 0) is 59.5 Å². The Balaban J connectivity index is 1.14. The van der Waals surface area contributed by atoms with Crippen molar-refractivity contribution in [3.05, 3.63) is 176 Å². The van der Waals surface area contributed by atoms with Crippen LogP contribution in [0.5, 0.6) is 11.5 Å². The van der Waals surface area contributed by atoms with E-state index in [0.717, 1.165) is 61.2 Å². The summed E-state index contributed by atoms with van der Waals surface area (Å²) in [4.78, 5) is 2.35. The van der Waals surface area contributed by atoms with Crippen molar-refractivity contribution in [2.45, 2.75) is 0 Å². The van der Waals surface area contributed by atoms with Crippen LogP contribution in [0.3, 0.4) is 0 Å². The minimum atomic E-state index is -2.82. The molecule has 1 atom stereocenters. The van der Waals surface area contributed by atoms with Gasteiger partial charge in [0.1, 0.15) is 11.5 Å². The van der Waals surface area contributed by atoms with Crippen molar-refractivity contribution in [3.63, 3.8) is 0 Å². The molecule has 9 aromatic rings. The molecule has 51 heavy (non-hydrogen) atoms. The quantitative estimate of drug-likeness (QED) is 0.190. The maximum absolute atomic E-state index is 10.5. The van der Waals surface area contributed by atoms with Crippen molar-refractivity contribution >= 4 is 72.6 Å². The van der Waals surface area contributed by atoms with Crippen molar-refractivity contribution in [2.24, 2.45) is 0 Å². The van der Waals surface area contributed by atoms with Crippen LogP contribution in [0.2, 0.25) is 0 Å². The lowest BCUT2D eigenvalue weighted by Gasteiger charge is -2.36. The van der Waals surface area contributed by atoms with Crippen LogP contribution < -0.4 is 25.6 Å². The number of para-hydroxylation sites is 3. The highest BCUT2D eigenvalue weighted by Crippen LogP contribution is 2.55. The Morgan fingerprint density at radius 1 is 0.471 bits per heavy atom. The van der Waals surface area contributed by atoms with Crippen LogP contribution >= 0.6 is 7.05 Å². The molecule has 3 heterocycles. The predicted octanol–water partition coefficient (Wildman–Crippen LogP) is 11.5. The van der Waals surface area contributed by atoms with Crippen molar-refractivity contribution in [1.82, 2.24) is 4.57 Å². The van der Waals surface area contributed by atoms with E-state index in [1.165, 1.54) is 32.7 Å². The molecule has 0 saturated carbocycles. The van der Waals surface area contributed by atoms with Crippen LogP contribution in [0.15, 0.2) is 176 Å². The number of hydrogen-bond acceptors (Lipinski definition) is 3. The Hall–Kier alpha value is -6.35. The fraction of sp³-hybridized carbons (Fsp3) is 0. The molecule has 4 nitrogen and oxygen atoms in total. The number of anilines is 3. The summed E-state index contributed by atoms with van der Waals surface area (Å²) in [5.41, 5.74) is 9.02. The van der Waals surface area contributed by atoms with Gasteiger partial charge in [-0.25, -0.2) is 0 Å². The monoisotopic (exact) mass is 671 g/mol. The van der Waals surface area contributed by atoms with Gasteiger partial charge in [0.2, 0.25) is 0 Å². The fourth-order valence-electron chi connectivity index (χ4n) is 8.42. The fourth-order valence-corrected chi connectivity index (χ4v) is 11.3. The first-order valence-corrected chi connectivity index (χ1v) is 19.0. The summed E-state index contributed by atoms with van der Waals surface area (Å²) in [6, 6.07) is 62.1. The summed E-state index contributed by atoms with van der Waals surface area (Å²) >= 11 is 0. The van der Waals surface area contributed by atoms with E-state index in [9.17, 15) is 5.16 Å². The highest BCUT2D eigenvalue weighted by atomic mass is 31.2. The minimum absolute atomic E-state index is 0.732. The summed E-state index contributed by atoms with van der Waals surface area (Å²) in [6.45, 7) is 0. The number of ether oxygens (including phenoxy) is 1. The second-order valence-electron chi connectivity index (χ2n) is 13.3. The summed E-state index contributed by atoms with van der Waals surface area (Å²) in [6.07, 6.45) is 0. The normalized spacial score (nSPS) is 15.7. The lowest BCUT2D eigenvalue weighted by atomic mass is 9.91. The third-order valence-corrected chi connectivity index (χ3v) is 13.9. The number of aromatic nitrogens is 1. The van der Waals surface area contributed by atoms with E-state index in [1.54, 1.807) is 0 Å². The van der Waals surface area contributed by atoms with Crippen molar-refractivity contribution in [2.75, 3.05) is 4.90 Å². The Morgan fingerprint density at radius 2 is 1.04 bits per heavy atom. The van der Waals surface area contributed by atoms with Gasteiger partial charge in [0, 0.05) is 61.1 Å². The average Bonchev–Trinajstić information content (AvgIpc) is 3.53. The smallest absolute Gasteiger partial charge is 0.139 e. The Bertz CT molecular complexity index is 2890. The largest absolute Gasteiger partial charge is 0.456 e. The van der Waals surface area contributed by atoms with Crippen LogP contribution in [0.1, 0.15) is 0 Å². The zero-order chi connectivity index (χ0) is 33.7. The second-order valence-corrected chi connectivity index (χ2v) is 16.1. The van der Waals surface area contributed by atoms with Crippen LogP contribution in [0, 0.1) is 5.16 Å². The molecular weight excluding hydrogens is 642 g/mol. The van der Waals surface area contributed by atoms with Gasteiger partial charge >= 0.3 is 0 Å². The number of nitrogens with one attached hydrogen (secondary N) is 1. The van der Waals surface area contributed by atoms with Crippen molar-refractivity contribution < 1.29 is 4.74 Å². The van der Waals surface area contributed by atoms with Crippen LogP contribution in [-0.2, 0) is 0 Å². The molecule has 1 aromatic heterocycles. The molecule has 1 N–H and O–H groups in total. The number of nitrogens with zero attached hydrogens (tertiary/aromatic N) is 2. The summed E-state index contributed by atoms with van der Waals surface area (Å²) < 4.78 is 9.30. The lowest BCUT2D eigenvalue weighted by molar-refractivity contribution is 0.488. The van der Waals surface area contributed by atoms with Crippen molar-refractivity contribution in [3.8, 4) is 28.3 Å². The van der Waals surface area contributed by atoms with Crippen LogP contribution in [-0.4, -0.2) is 4.57 Å². The molecule has 0 saturated heterocycles. The number of benzene rings is 8. The Labute approximate surface area is 295 Å². The van der Waals surface area contributed by atoms with Gasteiger partial charge in [0.15, 0.2) is 0 Å². The molecule has 240 valence electrons. The summed E-state index contributed by atoms with van der Waals surface area (Å²) in [5.74, 6) is 1.47. The van der Waals surface area contributed by atoms with Crippen LogP contribution in [0.25, 0.3) is 49.4 Å². The predicted molar refractivity (Wildman–Crippen MR) is 213 cm³/mol. The topological polar surface area (TPSA) is 41.3 Å². The van der Waals surface area contributed by atoms with E-state index in [1.807, 2.05) is 18.2 Å². The molecule has 5 heteroatoms. The number of rotatable bonds is 3. The zero-order valence-corrected chi connectivity index (χ0v) is 28.4. The molecule has 8 aromatic carbocycles. The summed E-state index contributed by atoms with van der Waals surface area (Å²) in [7, 11) is -2.82.